The topological polar surface area (TPSA) is 85.2 Å². The average Bonchev–Trinajstić information content (AvgIpc) is 2.27. The van der Waals surface area contributed by atoms with Crippen molar-refractivity contribution in [1.29, 1.82) is 0 Å². The quantitative estimate of drug-likeness (QED) is 0.774. The first-order valence-electron chi connectivity index (χ1n) is 4.92. The van der Waals surface area contributed by atoms with Crippen molar-refractivity contribution in [3.8, 4) is 0 Å². The Balaban J connectivity index is 3.31. The Bertz CT molecular complexity index is 471. The molecule has 0 radical (unpaired) electrons. The molecule has 0 unspecified atom stereocenters. The number of hydrogen-bond acceptors (Lipinski definition) is 4. The highest BCUT2D eigenvalue weighted by molar-refractivity contribution is 5.90. The lowest BCUT2D eigenvalue weighted by molar-refractivity contribution is 0.0522. The minimum atomic E-state index is -2.83. The van der Waals surface area contributed by atoms with Crippen LogP contribution in [-0.2, 0) is 11.3 Å². The van der Waals surface area contributed by atoms with Gasteiger partial charge in [0, 0.05) is 6.54 Å². The van der Waals surface area contributed by atoms with Crippen LogP contribution in [0.25, 0.3) is 0 Å². The van der Waals surface area contributed by atoms with Crippen molar-refractivity contribution in [2.75, 3.05) is 6.61 Å². The Morgan fingerprint density at radius 1 is 1.59 bits per heavy atom. The van der Waals surface area contributed by atoms with Crippen LogP contribution in [0.5, 0.6) is 0 Å². The maximum atomic E-state index is 12.4. The number of carbonyl (C=O) groups is 1. The fraction of sp³-hybridized carbons (Fsp3) is 0.400. The van der Waals surface area contributed by atoms with Gasteiger partial charge < -0.3 is 15.5 Å². The zero-order valence-corrected chi connectivity index (χ0v) is 9.13. The number of aromatic amines is 1. The van der Waals surface area contributed by atoms with Crippen molar-refractivity contribution in [2.45, 2.75) is 19.9 Å². The lowest BCUT2D eigenvalue weighted by Gasteiger charge is -2.08. The third kappa shape index (κ3) is 2.88. The molecule has 1 aromatic heterocycles. The predicted molar refractivity (Wildman–Crippen MR) is 55.9 cm³/mol. The van der Waals surface area contributed by atoms with Gasteiger partial charge in [-0.05, 0) is 18.6 Å². The summed E-state index contributed by atoms with van der Waals surface area (Å²) < 4.78 is 29.5. The van der Waals surface area contributed by atoms with E-state index >= 15 is 0 Å². The Morgan fingerprint density at radius 2 is 2.24 bits per heavy atom. The third-order valence-corrected chi connectivity index (χ3v) is 2.07. The molecule has 5 nitrogen and oxygen atoms in total. The number of halogens is 2. The minimum Gasteiger partial charge on any atom is -0.462 e. The second-order valence-corrected chi connectivity index (χ2v) is 3.18. The summed E-state index contributed by atoms with van der Waals surface area (Å²) in [4.78, 5) is 24.9. The van der Waals surface area contributed by atoms with Gasteiger partial charge >= 0.3 is 5.97 Å². The molecule has 0 spiro atoms. The van der Waals surface area contributed by atoms with Crippen LogP contribution in [0.4, 0.5) is 8.78 Å². The summed E-state index contributed by atoms with van der Waals surface area (Å²) >= 11 is 0. The number of H-pyrrole nitrogens is 1. The van der Waals surface area contributed by atoms with Crippen LogP contribution < -0.4 is 11.3 Å². The van der Waals surface area contributed by atoms with Gasteiger partial charge in [-0.3, -0.25) is 4.79 Å². The monoisotopic (exact) mass is 246 g/mol. The largest absolute Gasteiger partial charge is 0.462 e. The van der Waals surface area contributed by atoms with Gasteiger partial charge in [0.05, 0.1) is 12.3 Å². The minimum absolute atomic E-state index is 0.0440. The van der Waals surface area contributed by atoms with Gasteiger partial charge in [0.25, 0.3) is 12.0 Å². The number of rotatable bonds is 4. The van der Waals surface area contributed by atoms with Gasteiger partial charge in [0.1, 0.15) is 5.56 Å². The second-order valence-electron chi connectivity index (χ2n) is 3.18. The van der Waals surface area contributed by atoms with Crippen molar-refractivity contribution < 1.29 is 18.3 Å². The molecule has 0 fully saturated rings. The number of nitrogens with one attached hydrogen (secondary N) is 1. The van der Waals surface area contributed by atoms with Crippen LogP contribution in [0.3, 0.4) is 0 Å². The standard InChI is InChI=1S/C10H12F2N2O3/c1-2-17-10(16)7-5(4-13)3-6(8(11)12)14-9(7)15/h3,8H,2,4,13H2,1H3,(H,14,15). The van der Waals surface area contributed by atoms with Crippen LogP contribution in [0.1, 0.15) is 35.0 Å². The molecule has 17 heavy (non-hydrogen) atoms. The normalized spacial score (nSPS) is 10.6. The maximum Gasteiger partial charge on any atom is 0.344 e. The van der Waals surface area contributed by atoms with E-state index in [0.717, 1.165) is 6.07 Å². The number of hydrogen-bond donors (Lipinski definition) is 2. The van der Waals surface area contributed by atoms with E-state index < -0.39 is 23.6 Å². The third-order valence-electron chi connectivity index (χ3n) is 2.07. The molecule has 0 saturated carbocycles. The fourth-order valence-corrected chi connectivity index (χ4v) is 1.34. The molecule has 0 aromatic carbocycles. The van der Waals surface area contributed by atoms with E-state index in [2.05, 4.69) is 4.74 Å². The molecule has 0 amide bonds. The summed E-state index contributed by atoms with van der Waals surface area (Å²) in [5.74, 6) is -0.866. The summed E-state index contributed by atoms with van der Waals surface area (Å²) in [7, 11) is 0. The zero-order valence-electron chi connectivity index (χ0n) is 9.13. The second kappa shape index (κ2) is 5.53. The average molecular weight is 246 g/mol. The first-order valence-corrected chi connectivity index (χ1v) is 4.92. The van der Waals surface area contributed by atoms with Crippen molar-refractivity contribution in [3.05, 3.63) is 33.2 Å². The summed E-state index contributed by atoms with van der Waals surface area (Å²) in [5.41, 5.74) is 3.56. The zero-order chi connectivity index (χ0) is 13.0. The molecule has 0 aliphatic rings. The smallest absolute Gasteiger partial charge is 0.344 e. The number of nitrogens with two attached hydrogens (primary N) is 1. The summed E-state index contributed by atoms with van der Waals surface area (Å²) in [6.07, 6.45) is -2.83. The molecule has 1 aromatic rings. The number of ether oxygens (including phenoxy) is 1. The van der Waals surface area contributed by atoms with Crippen LogP contribution in [-0.4, -0.2) is 17.6 Å². The first-order chi connectivity index (χ1) is 8.01. The molecule has 3 N–H and O–H groups in total. The molecule has 0 saturated heterocycles. The van der Waals surface area contributed by atoms with Gasteiger partial charge in [-0.1, -0.05) is 0 Å². The van der Waals surface area contributed by atoms with Gasteiger partial charge in [0.2, 0.25) is 0 Å². The number of alkyl halides is 2. The summed E-state index contributed by atoms with van der Waals surface area (Å²) in [6, 6.07) is 0.998. The van der Waals surface area contributed by atoms with Crippen LogP contribution in [0, 0.1) is 0 Å². The van der Waals surface area contributed by atoms with Crippen molar-refractivity contribution in [2.24, 2.45) is 5.73 Å². The van der Waals surface area contributed by atoms with Crippen molar-refractivity contribution >= 4 is 5.97 Å². The Kier molecular flexibility index (Phi) is 4.33. The molecule has 1 rings (SSSR count). The van der Waals surface area contributed by atoms with Crippen molar-refractivity contribution in [3.63, 3.8) is 0 Å². The van der Waals surface area contributed by atoms with Crippen molar-refractivity contribution in [1.82, 2.24) is 4.98 Å². The number of pyridine rings is 1. The van der Waals surface area contributed by atoms with E-state index in [1.54, 1.807) is 6.92 Å². The first kappa shape index (κ1) is 13.3. The lowest BCUT2D eigenvalue weighted by atomic mass is 10.1. The molecule has 94 valence electrons. The van der Waals surface area contributed by atoms with E-state index in [9.17, 15) is 18.4 Å². The van der Waals surface area contributed by atoms with Crippen LogP contribution in [0.15, 0.2) is 10.9 Å². The molecule has 1 heterocycles. The molecular weight excluding hydrogens is 234 g/mol. The molecule has 0 aliphatic carbocycles. The molecule has 7 heteroatoms. The van der Waals surface area contributed by atoms with E-state index in [1.807, 2.05) is 4.98 Å². The number of esters is 1. The van der Waals surface area contributed by atoms with Gasteiger partial charge in [-0.15, -0.1) is 0 Å². The highest BCUT2D eigenvalue weighted by Crippen LogP contribution is 2.17. The Hall–Kier alpha value is -1.76. The number of carbonyl (C=O) groups excluding carboxylic acids is 1. The summed E-state index contributed by atoms with van der Waals surface area (Å²) in [6.45, 7) is 1.46. The van der Waals surface area contributed by atoms with Crippen LogP contribution in [0.2, 0.25) is 0 Å². The Labute approximate surface area is 95.6 Å². The van der Waals surface area contributed by atoms with Gasteiger partial charge in [-0.2, -0.15) is 0 Å². The molecule has 0 atom stereocenters. The fourth-order valence-electron chi connectivity index (χ4n) is 1.34. The van der Waals surface area contributed by atoms with E-state index in [4.69, 9.17) is 5.73 Å². The molecule has 0 bridgehead atoms. The predicted octanol–water partition coefficient (Wildman–Crippen LogP) is 0.948. The van der Waals surface area contributed by atoms with Crippen LogP contribution >= 0.6 is 0 Å². The molecule has 0 aliphatic heterocycles. The molecular formula is C10H12F2N2O3. The van der Waals surface area contributed by atoms with E-state index in [-0.39, 0.29) is 24.3 Å². The maximum absolute atomic E-state index is 12.4. The number of aromatic nitrogens is 1. The highest BCUT2D eigenvalue weighted by Gasteiger charge is 2.20. The highest BCUT2D eigenvalue weighted by atomic mass is 19.3. The van der Waals surface area contributed by atoms with E-state index in [1.165, 1.54) is 0 Å². The van der Waals surface area contributed by atoms with E-state index in [0.29, 0.717) is 0 Å². The van der Waals surface area contributed by atoms with Gasteiger partial charge in [0.15, 0.2) is 0 Å². The lowest BCUT2D eigenvalue weighted by Crippen LogP contribution is -2.25. The Morgan fingerprint density at radius 3 is 2.71 bits per heavy atom. The van der Waals surface area contributed by atoms with Gasteiger partial charge in [-0.25, -0.2) is 13.6 Å². The SMILES string of the molecule is CCOC(=O)c1c(CN)cc(C(F)F)[nH]c1=O. The summed E-state index contributed by atoms with van der Waals surface area (Å²) in [5, 5.41) is 0.